The van der Waals surface area contributed by atoms with E-state index < -0.39 is 0 Å². The van der Waals surface area contributed by atoms with E-state index in [0.717, 1.165) is 18.9 Å². The van der Waals surface area contributed by atoms with Crippen LogP contribution in [0.1, 0.15) is 13.8 Å². The lowest BCUT2D eigenvalue weighted by Gasteiger charge is -2.08. The van der Waals surface area contributed by atoms with Crippen molar-refractivity contribution in [3.8, 4) is 0 Å². The summed E-state index contributed by atoms with van der Waals surface area (Å²) in [5.41, 5.74) is 1.30. The maximum Gasteiger partial charge on any atom is 0.226 e. The summed E-state index contributed by atoms with van der Waals surface area (Å²) in [5.74, 6) is 1.29. The molecular formula is C10H14N6. The molecule has 2 heterocycles. The Morgan fingerprint density at radius 2 is 1.75 bits per heavy atom. The second kappa shape index (κ2) is 4.69. The number of nitrogens with zero attached hydrogens (tertiary/aromatic N) is 4. The number of anilines is 2. The minimum Gasteiger partial charge on any atom is -0.368 e. The molecule has 0 amide bonds. The zero-order valence-corrected chi connectivity index (χ0v) is 9.36. The fraction of sp³-hybridized carbons (Fsp3) is 0.400. The van der Waals surface area contributed by atoms with Crippen LogP contribution in [-0.2, 0) is 0 Å². The monoisotopic (exact) mass is 218 g/mol. The maximum atomic E-state index is 4.34. The number of fused-ring (bicyclic) bond motifs is 1. The van der Waals surface area contributed by atoms with Crippen LogP contribution >= 0.6 is 0 Å². The van der Waals surface area contributed by atoms with Crippen molar-refractivity contribution in [3.63, 3.8) is 0 Å². The van der Waals surface area contributed by atoms with Crippen molar-refractivity contribution in [2.75, 3.05) is 23.7 Å². The van der Waals surface area contributed by atoms with Crippen molar-refractivity contribution in [2.45, 2.75) is 13.8 Å². The first kappa shape index (κ1) is 10.5. The van der Waals surface area contributed by atoms with Gasteiger partial charge >= 0.3 is 0 Å². The van der Waals surface area contributed by atoms with Crippen molar-refractivity contribution in [1.29, 1.82) is 0 Å². The number of hydrogen-bond acceptors (Lipinski definition) is 6. The van der Waals surface area contributed by atoms with E-state index in [4.69, 9.17) is 0 Å². The molecule has 0 atom stereocenters. The van der Waals surface area contributed by atoms with E-state index >= 15 is 0 Å². The molecule has 84 valence electrons. The maximum absolute atomic E-state index is 4.34. The molecule has 2 N–H and O–H groups in total. The third kappa shape index (κ3) is 2.00. The first-order valence-electron chi connectivity index (χ1n) is 5.31. The van der Waals surface area contributed by atoms with E-state index in [2.05, 4.69) is 30.6 Å². The van der Waals surface area contributed by atoms with Crippen LogP contribution in [0.15, 0.2) is 12.4 Å². The van der Waals surface area contributed by atoms with Crippen LogP contribution in [0.2, 0.25) is 0 Å². The van der Waals surface area contributed by atoms with Gasteiger partial charge in [-0.2, -0.15) is 9.97 Å². The van der Waals surface area contributed by atoms with Gasteiger partial charge < -0.3 is 10.6 Å². The molecule has 0 bridgehead atoms. The predicted octanol–water partition coefficient (Wildman–Crippen LogP) is 1.28. The number of nitrogens with one attached hydrogen (secondary N) is 2. The van der Waals surface area contributed by atoms with Gasteiger partial charge in [0.15, 0.2) is 17.0 Å². The van der Waals surface area contributed by atoms with Crippen molar-refractivity contribution < 1.29 is 0 Å². The summed E-state index contributed by atoms with van der Waals surface area (Å²) in [6.07, 6.45) is 3.26. The summed E-state index contributed by atoms with van der Waals surface area (Å²) < 4.78 is 0. The number of aromatic nitrogens is 4. The summed E-state index contributed by atoms with van der Waals surface area (Å²) in [6, 6.07) is 0. The molecular weight excluding hydrogens is 204 g/mol. The van der Waals surface area contributed by atoms with Gasteiger partial charge in [0.25, 0.3) is 0 Å². The average molecular weight is 218 g/mol. The molecule has 0 aromatic carbocycles. The minimum atomic E-state index is 0.575. The van der Waals surface area contributed by atoms with Crippen LogP contribution in [0, 0.1) is 0 Å². The number of hydrogen-bond donors (Lipinski definition) is 2. The van der Waals surface area contributed by atoms with Crippen molar-refractivity contribution in [3.05, 3.63) is 12.4 Å². The Hall–Kier alpha value is -1.98. The van der Waals surface area contributed by atoms with Gasteiger partial charge in [0.2, 0.25) is 5.95 Å². The van der Waals surface area contributed by atoms with Crippen LogP contribution in [0.4, 0.5) is 11.8 Å². The molecule has 0 saturated carbocycles. The normalized spacial score (nSPS) is 10.4. The Labute approximate surface area is 93.6 Å². The molecule has 0 aliphatic carbocycles. The van der Waals surface area contributed by atoms with Crippen LogP contribution in [0.3, 0.4) is 0 Å². The third-order valence-corrected chi connectivity index (χ3v) is 2.01. The predicted molar refractivity (Wildman–Crippen MR) is 63.5 cm³/mol. The van der Waals surface area contributed by atoms with E-state index in [1.807, 2.05) is 13.8 Å². The van der Waals surface area contributed by atoms with Gasteiger partial charge in [0.05, 0.1) is 0 Å². The Morgan fingerprint density at radius 1 is 1.00 bits per heavy atom. The van der Waals surface area contributed by atoms with Gasteiger partial charge in [-0.1, -0.05) is 0 Å². The summed E-state index contributed by atoms with van der Waals surface area (Å²) in [6.45, 7) is 5.57. The minimum absolute atomic E-state index is 0.575. The quantitative estimate of drug-likeness (QED) is 0.805. The Kier molecular flexibility index (Phi) is 3.09. The molecule has 0 fully saturated rings. The summed E-state index contributed by atoms with van der Waals surface area (Å²) in [7, 11) is 0. The van der Waals surface area contributed by atoms with Gasteiger partial charge in [-0.15, -0.1) is 0 Å². The van der Waals surface area contributed by atoms with Gasteiger partial charge in [-0.3, -0.25) is 0 Å². The Balaban J connectivity index is 2.54. The lowest BCUT2D eigenvalue weighted by Crippen LogP contribution is -2.08. The molecule has 0 radical (unpaired) electrons. The smallest absolute Gasteiger partial charge is 0.226 e. The highest BCUT2D eigenvalue weighted by molar-refractivity contribution is 5.83. The van der Waals surface area contributed by atoms with Crippen molar-refractivity contribution in [2.24, 2.45) is 0 Å². The van der Waals surface area contributed by atoms with Gasteiger partial charge in [0, 0.05) is 25.5 Å². The molecule has 0 aliphatic heterocycles. The highest BCUT2D eigenvalue weighted by Gasteiger charge is 2.07. The standard InChI is InChI=1S/C10H14N6/c1-3-11-8-7-9(14-6-5-13-7)16-10(15-8)12-4-2/h5-6H,3-4H2,1-2H3,(H2,11,12,14,15,16). The lowest BCUT2D eigenvalue weighted by atomic mass is 10.4. The fourth-order valence-corrected chi connectivity index (χ4v) is 1.39. The van der Waals surface area contributed by atoms with Crippen molar-refractivity contribution in [1.82, 2.24) is 19.9 Å². The molecule has 16 heavy (non-hydrogen) atoms. The van der Waals surface area contributed by atoms with Gasteiger partial charge in [-0.25, -0.2) is 9.97 Å². The second-order valence-electron chi connectivity index (χ2n) is 3.19. The first-order chi connectivity index (χ1) is 7.85. The Morgan fingerprint density at radius 3 is 2.50 bits per heavy atom. The fourth-order valence-electron chi connectivity index (χ4n) is 1.39. The second-order valence-corrected chi connectivity index (χ2v) is 3.19. The average Bonchev–Trinajstić information content (AvgIpc) is 2.30. The first-order valence-corrected chi connectivity index (χ1v) is 5.31. The lowest BCUT2D eigenvalue weighted by molar-refractivity contribution is 1.07. The van der Waals surface area contributed by atoms with E-state index in [1.54, 1.807) is 12.4 Å². The topological polar surface area (TPSA) is 75.6 Å². The van der Waals surface area contributed by atoms with Crippen LogP contribution < -0.4 is 10.6 Å². The van der Waals surface area contributed by atoms with Crippen LogP contribution in [0.25, 0.3) is 11.2 Å². The molecule has 2 aromatic rings. The van der Waals surface area contributed by atoms with E-state index in [0.29, 0.717) is 17.1 Å². The summed E-state index contributed by atoms with van der Waals surface area (Å²) >= 11 is 0. The molecule has 2 rings (SSSR count). The zero-order chi connectivity index (χ0) is 11.4. The molecule has 6 nitrogen and oxygen atoms in total. The number of rotatable bonds is 4. The summed E-state index contributed by atoms with van der Waals surface area (Å²) in [4.78, 5) is 17.0. The highest BCUT2D eigenvalue weighted by Crippen LogP contribution is 2.17. The molecule has 2 aromatic heterocycles. The molecule has 6 heteroatoms. The molecule has 0 saturated heterocycles. The summed E-state index contributed by atoms with van der Waals surface area (Å²) in [5, 5.41) is 6.22. The SMILES string of the molecule is CCNc1nc(NCC)c2nccnc2n1. The van der Waals surface area contributed by atoms with Crippen molar-refractivity contribution >= 4 is 22.9 Å². The van der Waals surface area contributed by atoms with Crippen LogP contribution in [0.5, 0.6) is 0 Å². The zero-order valence-electron chi connectivity index (χ0n) is 9.36. The highest BCUT2D eigenvalue weighted by atomic mass is 15.2. The third-order valence-electron chi connectivity index (χ3n) is 2.01. The molecule has 0 spiro atoms. The van der Waals surface area contributed by atoms with Gasteiger partial charge in [0.1, 0.15) is 0 Å². The largest absolute Gasteiger partial charge is 0.368 e. The van der Waals surface area contributed by atoms with Crippen LogP contribution in [-0.4, -0.2) is 33.0 Å². The molecule has 0 unspecified atom stereocenters. The van der Waals surface area contributed by atoms with Gasteiger partial charge in [-0.05, 0) is 13.8 Å². The van der Waals surface area contributed by atoms with E-state index in [1.165, 1.54) is 0 Å². The molecule has 0 aliphatic rings. The van der Waals surface area contributed by atoms with E-state index in [9.17, 15) is 0 Å². The Bertz CT molecular complexity index is 484. The van der Waals surface area contributed by atoms with E-state index in [-0.39, 0.29) is 0 Å².